The molecule has 8 heteroatoms. The molecule has 0 spiro atoms. The van der Waals surface area contributed by atoms with Crippen LogP contribution in [0.25, 0.3) is 0 Å². The number of halogens is 4. The number of Topliss-reactive ketones (excluding diaryl/α,β-unsaturated/α-hetero) is 1. The lowest BCUT2D eigenvalue weighted by atomic mass is 10.3. The molecule has 18 heavy (non-hydrogen) atoms. The van der Waals surface area contributed by atoms with E-state index in [1.54, 1.807) is 0 Å². The van der Waals surface area contributed by atoms with Gasteiger partial charge < -0.3 is 5.32 Å². The lowest BCUT2D eigenvalue weighted by Crippen LogP contribution is -2.12. The number of nitrogens with one attached hydrogen (secondary N) is 1. The average molecular weight is 314 g/mol. The second-order valence-corrected chi connectivity index (χ2v) is 5.02. The minimum atomic E-state index is -1.58. The Balaban J connectivity index is 2.65. The van der Waals surface area contributed by atoms with Crippen molar-refractivity contribution in [3.05, 3.63) is 29.6 Å². The molecule has 0 unspecified atom stereocenters. The van der Waals surface area contributed by atoms with Crippen LogP contribution in [-0.2, 0) is 4.79 Å². The zero-order valence-electron chi connectivity index (χ0n) is 8.81. The first-order valence-electron chi connectivity index (χ1n) is 4.60. The maximum Gasteiger partial charge on any atom is 0.196 e. The molecule has 98 valence electrons. The van der Waals surface area contributed by atoms with Crippen LogP contribution >= 0.6 is 35.6 Å². The van der Waals surface area contributed by atoms with Gasteiger partial charge in [-0.25, -0.2) is 13.2 Å². The molecule has 0 radical (unpaired) electrons. The number of thioether (sulfide) groups is 1. The third-order valence-corrected chi connectivity index (χ3v) is 3.37. The second-order valence-electron chi connectivity index (χ2n) is 3.10. The van der Waals surface area contributed by atoms with E-state index >= 15 is 0 Å². The Kier molecular flexibility index (Phi) is 5.90. The summed E-state index contributed by atoms with van der Waals surface area (Å²) < 4.78 is 38.9. The van der Waals surface area contributed by atoms with Crippen molar-refractivity contribution < 1.29 is 18.0 Å². The molecule has 1 aromatic rings. The van der Waals surface area contributed by atoms with Gasteiger partial charge in [0.1, 0.15) is 4.32 Å². The highest BCUT2D eigenvalue weighted by Crippen LogP contribution is 2.21. The van der Waals surface area contributed by atoms with Crippen molar-refractivity contribution in [2.45, 2.75) is 0 Å². The molecule has 1 rings (SSSR count). The highest BCUT2D eigenvalue weighted by molar-refractivity contribution is 8.23. The zero-order chi connectivity index (χ0) is 13.7. The summed E-state index contributed by atoms with van der Waals surface area (Å²) in [5.74, 6) is -4.58. The van der Waals surface area contributed by atoms with Crippen molar-refractivity contribution in [3.8, 4) is 0 Å². The molecule has 0 bridgehead atoms. The molecule has 0 heterocycles. The third-order valence-electron chi connectivity index (χ3n) is 1.79. The fourth-order valence-electron chi connectivity index (χ4n) is 0.953. The normalized spacial score (nSPS) is 10.2. The topological polar surface area (TPSA) is 29.1 Å². The molecular weight excluding hydrogens is 307 g/mol. The molecule has 0 saturated carbocycles. The summed E-state index contributed by atoms with van der Waals surface area (Å²) in [5.41, 5.74) is -0.287. The van der Waals surface area contributed by atoms with Crippen molar-refractivity contribution in [1.82, 2.24) is 0 Å². The number of thiocarbonyl (C=S) groups is 1. The van der Waals surface area contributed by atoms with E-state index in [1.807, 2.05) is 0 Å². The van der Waals surface area contributed by atoms with E-state index in [1.165, 1.54) is 0 Å². The van der Waals surface area contributed by atoms with Gasteiger partial charge in [0.05, 0.1) is 17.3 Å². The van der Waals surface area contributed by atoms with Crippen LogP contribution < -0.4 is 5.32 Å². The van der Waals surface area contributed by atoms with Crippen molar-refractivity contribution in [3.63, 3.8) is 0 Å². The SMILES string of the molecule is O=C(CCl)CSC(=S)Nc1ccc(F)c(F)c1F. The fraction of sp³-hybridized carbons (Fsp3) is 0.200. The number of alkyl halides is 1. The van der Waals surface area contributed by atoms with E-state index in [2.05, 4.69) is 5.32 Å². The summed E-state index contributed by atoms with van der Waals surface area (Å²) in [6, 6.07) is 1.79. The van der Waals surface area contributed by atoms with E-state index in [0.717, 1.165) is 23.9 Å². The van der Waals surface area contributed by atoms with Gasteiger partial charge in [0, 0.05) is 0 Å². The quantitative estimate of drug-likeness (QED) is 0.524. The number of hydrogen-bond acceptors (Lipinski definition) is 3. The van der Waals surface area contributed by atoms with Crippen LogP contribution in [0, 0.1) is 17.5 Å². The number of benzene rings is 1. The summed E-state index contributed by atoms with van der Waals surface area (Å²) in [7, 11) is 0. The summed E-state index contributed by atoms with van der Waals surface area (Å²) in [4.78, 5) is 10.9. The Hall–Kier alpha value is -0.790. The summed E-state index contributed by atoms with van der Waals surface area (Å²) in [5, 5.41) is 2.38. The number of anilines is 1. The van der Waals surface area contributed by atoms with E-state index in [4.69, 9.17) is 23.8 Å². The predicted molar refractivity (Wildman–Crippen MR) is 70.7 cm³/mol. The molecule has 0 aromatic heterocycles. The predicted octanol–water partition coefficient (Wildman–Crippen LogP) is 3.34. The van der Waals surface area contributed by atoms with Gasteiger partial charge >= 0.3 is 0 Å². The minimum absolute atomic E-state index is 0.0284. The monoisotopic (exact) mass is 313 g/mol. The first kappa shape index (κ1) is 15.3. The van der Waals surface area contributed by atoms with Crippen LogP contribution in [-0.4, -0.2) is 21.7 Å². The summed E-state index contributed by atoms with van der Waals surface area (Å²) in [6.45, 7) is 0. The maximum atomic E-state index is 13.3. The van der Waals surface area contributed by atoms with Gasteiger partial charge in [-0.1, -0.05) is 24.0 Å². The Morgan fingerprint density at radius 3 is 2.61 bits per heavy atom. The largest absolute Gasteiger partial charge is 0.339 e. The highest BCUT2D eigenvalue weighted by atomic mass is 35.5. The Morgan fingerprint density at radius 1 is 1.33 bits per heavy atom. The Bertz CT molecular complexity index is 484. The van der Waals surface area contributed by atoms with E-state index < -0.39 is 17.5 Å². The van der Waals surface area contributed by atoms with Crippen molar-refractivity contribution in [2.24, 2.45) is 0 Å². The van der Waals surface area contributed by atoms with Gasteiger partial charge in [0.25, 0.3) is 0 Å². The van der Waals surface area contributed by atoms with Crippen LogP contribution in [0.4, 0.5) is 18.9 Å². The van der Waals surface area contributed by atoms with Gasteiger partial charge in [-0.05, 0) is 12.1 Å². The average Bonchev–Trinajstić information content (AvgIpc) is 2.36. The Morgan fingerprint density at radius 2 is 2.00 bits per heavy atom. The van der Waals surface area contributed by atoms with Gasteiger partial charge in [-0.2, -0.15) is 0 Å². The molecule has 0 saturated heterocycles. The van der Waals surface area contributed by atoms with Gasteiger partial charge in [0.2, 0.25) is 0 Å². The molecular formula is C10H7ClF3NOS2. The van der Waals surface area contributed by atoms with Gasteiger partial charge in [-0.15, -0.1) is 11.6 Å². The first-order chi connectivity index (χ1) is 8.45. The third kappa shape index (κ3) is 4.15. The number of hydrogen-bond donors (Lipinski definition) is 1. The molecule has 1 aromatic carbocycles. The van der Waals surface area contributed by atoms with E-state index in [0.29, 0.717) is 0 Å². The standard InChI is InChI=1S/C10H7ClF3NOS2/c11-3-5(16)4-18-10(17)15-7-2-1-6(12)8(13)9(7)14/h1-2H,3-4H2,(H,15,17). The van der Waals surface area contributed by atoms with E-state index in [9.17, 15) is 18.0 Å². The fourth-order valence-corrected chi connectivity index (χ4v) is 2.02. The van der Waals surface area contributed by atoms with Crippen LogP contribution in [0.1, 0.15) is 0 Å². The molecule has 0 aliphatic rings. The van der Waals surface area contributed by atoms with Crippen LogP contribution in [0.2, 0.25) is 0 Å². The molecule has 0 fully saturated rings. The van der Waals surface area contributed by atoms with Gasteiger partial charge in [-0.3, -0.25) is 4.79 Å². The number of carbonyl (C=O) groups excluding carboxylic acids is 1. The van der Waals surface area contributed by atoms with Crippen molar-refractivity contribution >= 4 is 51.4 Å². The molecule has 0 amide bonds. The zero-order valence-corrected chi connectivity index (χ0v) is 11.2. The number of carbonyl (C=O) groups is 1. The molecule has 0 atom stereocenters. The minimum Gasteiger partial charge on any atom is -0.339 e. The molecule has 2 nitrogen and oxygen atoms in total. The number of rotatable bonds is 4. The van der Waals surface area contributed by atoms with Crippen LogP contribution in [0.5, 0.6) is 0 Å². The first-order valence-corrected chi connectivity index (χ1v) is 6.53. The van der Waals surface area contributed by atoms with Gasteiger partial charge in [0.15, 0.2) is 23.2 Å². The summed E-state index contributed by atoms with van der Waals surface area (Å²) >= 11 is 11.0. The summed E-state index contributed by atoms with van der Waals surface area (Å²) in [6.07, 6.45) is 0. The van der Waals surface area contributed by atoms with Crippen LogP contribution in [0.15, 0.2) is 12.1 Å². The lowest BCUT2D eigenvalue weighted by Gasteiger charge is -2.08. The lowest BCUT2D eigenvalue weighted by molar-refractivity contribution is -0.114. The Labute approximate surface area is 116 Å². The smallest absolute Gasteiger partial charge is 0.196 e. The molecule has 1 N–H and O–H groups in total. The van der Waals surface area contributed by atoms with Crippen molar-refractivity contribution in [2.75, 3.05) is 16.9 Å². The van der Waals surface area contributed by atoms with Crippen LogP contribution in [0.3, 0.4) is 0 Å². The molecule has 0 aliphatic heterocycles. The van der Waals surface area contributed by atoms with E-state index in [-0.39, 0.29) is 27.4 Å². The molecule has 0 aliphatic carbocycles. The second kappa shape index (κ2) is 6.96. The maximum absolute atomic E-state index is 13.3. The van der Waals surface area contributed by atoms with Crippen molar-refractivity contribution in [1.29, 1.82) is 0 Å². The highest BCUT2D eigenvalue weighted by Gasteiger charge is 2.14. The number of ketones is 1.